The Morgan fingerprint density at radius 2 is 2.11 bits per heavy atom. The second-order valence-corrected chi connectivity index (χ2v) is 5.39. The molecule has 0 radical (unpaired) electrons. The van der Waals surface area contributed by atoms with Crippen molar-refractivity contribution in [2.45, 2.75) is 52.2 Å². The number of benzene rings is 1. The Hall–Kier alpha value is -1.06. The summed E-state index contributed by atoms with van der Waals surface area (Å²) in [4.78, 5) is 0. The molecule has 1 aromatic rings. The predicted octanol–water partition coefficient (Wildman–Crippen LogP) is 3.29. The van der Waals surface area contributed by atoms with Gasteiger partial charge >= 0.3 is 0 Å². The van der Waals surface area contributed by atoms with Gasteiger partial charge in [-0.25, -0.2) is 0 Å². The minimum Gasteiger partial charge on any atom is -0.491 e. The van der Waals surface area contributed by atoms with Gasteiger partial charge in [0.2, 0.25) is 0 Å². The first-order valence-corrected chi connectivity index (χ1v) is 7.17. The minimum atomic E-state index is -0.762. The topological polar surface area (TPSA) is 41.5 Å². The molecule has 0 aliphatic heterocycles. The van der Waals surface area contributed by atoms with Crippen molar-refractivity contribution in [2.75, 3.05) is 13.2 Å². The van der Waals surface area contributed by atoms with Crippen molar-refractivity contribution < 1.29 is 9.84 Å². The van der Waals surface area contributed by atoms with Crippen LogP contribution in [0.3, 0.4) is 0 Å². The first-order valence-electron chi connectivity index (χ1n) is 7.17. The van der Waals surface area contributed by atoms with Gasteiger partial charge in [0.25, 0.3) is 0 Å². The Labute approximate surface area is 117 Å². The Bertz CT molecular complexity index is 377. The van der Waals surface area contributed by atoms with Crippen LogP contribution in [0.15, 0.2) is 24.3 Å². The van der Waals surface area contributed by atoms with E-state index in [1.54, 1.807) is 6.92 Å². The van der Waals surface area contributed by atoms with Crippen LogP contribution in [0, 0.1) is 0 Å². The van der Waals surface area contributed by atoms with E-state index in [9.17, 15) is 5.11 Å². The van der Waals surface area contributed by atoms with Gasteiger partial charge < -0.3 is 15.2 Å². The highest BCUT2D eigenvalue weighted by Crippen LogP contribution is 2.20. The zero-order chi connectivity index (χ0) is 14.3. The van der Waals surface area contributed by atoms with Crippen LogP contribution in [0.5, 0.6) is 5.75 Å². The lowest BCUT2D eigenvalue weighted by Gasteiger charge is -2.22. The second kappa shape index (κ2) is 7.51. The summed E-state index contributed by atoms with van der Waals surface area (Å²) in [7, 11) is 0. The van der Waals surface area contributed by atoms with Crippen molar-refractivity contribution in [2.24, 2.45) is 0 Å². The summed E-state index contributed by atoms with van der Waals surface area (Å²) in [6.07, 6.45) is 1.81. The van der Waals surface area contributed by atoms with Crippen LogP contribution in [0.2, 0.25) is 0 Å². The number of aliphatic hydroxyl groups is 1. The number of rotatable bonds is 8. The van der Waals surface area contributed by atoms with Crippen LogP contribution < -0.4 is 10.1 Å². The Kier molecular flexibility index (Phi) is 6.32. The number of hydrogen-bond acceptors (Lipinski definition) is 3. The van der Waals surface area contributed by atoms with E-state index in [-0.39, 0.29) is 0 Å². The van der Waals surface area contributed by atoms with Crippen LogP contribution in [0.25, 0.3) is 0 Å². The van der Waals surface area contributed by atoms with E-state index in [4.69, 9.17) is 4.74 Å². The average molecular weight is 265 g/mol. The van der Waals surface area contributed by atoms with Gasteiger partial charge in [0.1, 0.15) is 12.4 Å². The van der Waals surface area contributed by atoms with E-state index in [0.29, 0.717) is 19.1 Å². The summed E-state index contributed by atoms with van der Waals surface area (Å²) in [5.74, 6) is 0.816. The summed E-state index contributed by atoms with van der Waals surface area (Å²) < 4.78 is 5.68. The van der Waals surface area contributed by atoms with Crippen LogP contribution in [-0.4, -0.2) is 23.9 Å². The summed E-state index contributed by atoms with van der Waals surface area (Å²) in [5.41, 5.74) is 0.448. The molecule has 2 unspecified atom stereocenters. The van der Waals surface area contributed by atoms with Gasteiger partial charge in [0.05, 0.1) is 5.60 Å². The predicted molar refractivity (Wildman–Crippen MR) is 79.6 cm³/mol. The molecule has 0 spiro atoms. The summed E-state index contributed by atoms with van der Waals surface area (Å²) in [6.45, 7) is 9.39. The molecule has 2 atom stereocenters. The van der Waals surface area contributed by atoms with Crippen molar-refractivity contribution in [3.05, 3.63) is 29.8 Å². The lowest BCUT2D eigenvalue weighted by molar-refractivity contribution is 0.00844. The van der Waals surface area contributed by atoms with E-state index in [0.717, 1.165) is 18.7 Å². The quantitative estimate of drug-likeness (QED) is 0.758. The first kappa shape index (κ1) is 16.0. The molecule has 0 bridgehead atoms. The fourth-order valence-electron chi connectivity index (χ4n) is 1.69. The maximum atomic E-state index is 9.94. The highest BCUT2D eigenvalue weighted by Gasteiger charge is 2.18. The second-order valence-electron chi connectivity index (χ2n) is 5.39. The van der Waals surface area contributed by atoms with Crippen LogP contribution in [-0.2, 0) is 0 Å². The van der Waals surface area contributed by atoms with Gasteiger partial charge in [-0.2, -0.15) is 0 Å². The lowest BCUT2D eigenvalue weighted by atomic mass is 10.1. The van der Waals surface area contributed by atoms with Gasteiger partial charge in [-0.3, -0.25) is 0 Å². The third-order valence-electron chi connectivity index (χ3n) is 3.37. The highest BCUT2D eigenvalue weighted by atomic mass is 16.5. The molecule has 0 saturated heterocycles. The third-order valence-corrected chi connectivity index (χ3v) is 3.37. The van der Waals surface area contributed by atoms with E-state index in [2.05, 4.69) is 25.2 Å². The minimum absolute atomic E-state index is 0.315. The SMILES string of the molecule is CCCNC(C)c1cccc(OCC(C)(O)CC)c1. The highest BCUT2D eigenvalue weighted by molar-refractivity contribution is 5.30. The molecule has 0 aliphatic rings. The molecule has 3 nitrogen and oxygen atoms in total. The van der Waals surface area contributed by atoms with E-state index < -0.39 is 5.60 Å². The standard InChI is InChI=1S/C16H27NO2/c1-5-10-17-13(3)14-8-7-9-15(11-14)19-12-16(4,18)6-2/h7-9,11,13,17-18H,5-6,10,12H2,1-4H3. The molecular weight excluding hydrogens is 238 g/mol. The number of hydrogen-bond donors (Lipinski definition) is 2. The molecule has 19 heavy (non-hydrogen) atoms. The average Bonchev–Trinajstić information content (AvgIpc) is 2.43. The van der Waals surface area contributed by atoms with Crippen molar-refractivity contribution in [1.29, 1.82) is 0 Å². The molecule has 0 fully saturated rings. The third kappa shape index (κ3) is 5.62. The molecule has 0 amide bonds. The van der Waals surface area contributed by atoms with Crippen molar-refractivity contribution in [1.82, 2.24) is 5.32 Å². The molecule has 0 aliphatic carbocycles. The van der Waals surface area contributed by atoms with Crippen LogP contribution >= 0.6 is 0 Å². The smallest absolute Gasteiger partial charge is 0.119 e. The molecule has 1 rings (SSSR count). The molecule has 0 aromatic heterocycles. The van der Waals surface area contributed by atoms with Gasteiger partial charge in [0, 0.05) is 6.04 Å². The molecule has 0 heterocycles. The monoisotopic (exact) mass is 265 g/mol. The molecule has 108 valence electrons. The Morgan fingerprint density at radius 1 is 1.37 bits per heavy atom. The molecular formula is C16H27NO2. The van der Waals surface area contributed by atoms with Gasteiger partial charge in [-0.05, 0) is 50.9 Å². The molecule has 0 saturated carbocycles. The fourth-order valence-corrected chi connectivity index (χ4v) is 1.69. The van der Waals surface area contributed by atoms with Gasteiger partial charge in [-0.1, -0.05) is 26.0 Å². The Balaban J connectivity index is 2.61. The fraction of sp³-hybridized carbons (Fsp3) is 0.625. The normalized spacial score (nSPS) is 15.8. The van der Waals surface area contributed by atoms with E-state index >= 15 is 0 Å². The maximum absolute atomic E-state index is 9.94. The molecule has 2 N–H and O–H groups in total. The summed E-state index contributed by atoms with van der Waals surface area (Å²) in [5, 5.41) is 13.4. The zero-order valence-corrected chi connectivity index (χ0v) is 12.6. The molecule has 1 aromatic carbocycles. The van der Waals surface area contributed by atoms with Crippen LogP contribution in [0.4, 0.5) is 0 Å². The van der Waals surface area contributed by atoms with Crippen molar-refractivity contribution in [3.8, 4) is 5.75 Å². The maximum Gasteiger partial charge on any atom is 0.119 e. The van der Waals surface area contributed by atoms with Gasteiger partial charge in [-0.15, -0.1) is 0 Å². The molecule has 3 heteroatoms. The zero-order valence-electron chi connectivity index (χ0n) is 12.6. The van der Waals surface area contributed by atoms with Crippen molar-refractivity contribution >= 4 is 0 Å². The van der Waals surface area contributed by atoms with E-state index in [1.807, 2.05) is 25.1 Å². The summed E-state index contributed by atoms with van der Waals surface area (Å²) in [6, 6.07) is 8.38. The summed E-state index contributed by atoms with van der Waals surface area (Å²) >= 11 is 0. The Morgan fingerprint density at radius 3 is 2.74 bits per heavy atom. The first-order chi connectivity index (χ1) is 8.98. The van der Waals surface area contributed by atoms with Crippen molar-refractivity contribution in [3.63, 3.8) is 0 Å². The number of ether oxygens (including phenoxy) is 1. The number of nitrogens with one attached hydrogen (secondary N) is 1. The van der Waals surface area contributed by atoms with Crippen LogP contribution in [0.1, 0.15) is 52.1 Å². The lowest BCUT2D eigenvalue weighted by Crippen LogP contribution is -2.31. The largest absolute Gasteiger partial charge is 0.491 e. The van der Waals surface area contributed by atoms with Gasteiger partial charge in [0.15, 0.2) is 0 Å². The van der Waals surface area contributed by atoms with E-state index in [1.165, 1.54) is 5.56 Å².